The first-order valence-electron chi connectivity index (χ1n) is 15.8. The average molecular weight is 647 g/mol. The van der Waals surface area contributed by atoms with E-state index < -0.39 is 34.2 Å². The molecule has 0 spiro atoms. The van der Waals surface area contributed by atoms with Crippen LogP contribution in [0.25, 0.3) is 6.08 Å². The molecule has 11 nitrogen and oxygen atoms in total. The number of likely N-dealkylation sites (N-methyl/N-ethyl adjacent to an activating group) is 1. The number of benzene rings is 1. The molecule has 2 fully saturated rings. The zero-order valence-electron chi connectivity index (χ0n) is 27.0. The van der Waals surface area contributed by atoms with E-state index in [1.807, 2.05) is 52.1 Å². The summed E-state index contributed by atoms with van der Waals surface area (Å²) in [6.45, 7) is 10.4. The van der Waals surface area contributed by atoms with E-state index in [2.05, 4.69) is 10.2 Å². The first kappa shape index (κ1) is 36.6. The molecular formula is C33H50N4O7S. The number of sulfonamides is 1. The standard InChI is InChI=1S/C33H50N4O7S/c1-25(9-11-32(26(2)8-10-29(40)12-21-38)44-33(41)36-19-17-35(4)18-20-36)31(24-39)27(3)22-28-6-5-7-30(23-28)45(42,43)37-15-13-34-14-16-37/h5-7,9,11,21-26,29,31-32,34,40H,8,10,12-20H2,1-4H3/b11-9+,27-22+/t25-,26-,29+,31-,32-/m0/s1. The van der Waals surface area contributed by atoms with Gasteiger partial charge in [0, 0.05) is 64.7 Å². The van der Waals surface area contributed by atoms with Crippen LogP contribution in [0.2, 0.25) is 0 Å². The molecule has 0 radical (unpaired) electrons. The number of hydrogen-bond acceptors (Lipinski definition) is 9. The maximum absolute atomic E-state index is 13.2. The third-order valence-electron chi connectivity index (χ3n) is 8.69. The van der Waals surface area contributed by atoms with E-state index >= 15 is 0 Å². The molecule has 0 saturated carbocycles. The van der Waals surface area contributed by atoms with E-state index in [1.165, 1.54) is 4.31 Å². The van der Waals surface area contributed by atoms with Gasteiger partial charge in [0.2, 0.25) is 10.0 Å². The van der Waals surface area contributed by atoms with Crippen molar-refractivity contribution in [1.29, 1.82) is 0 Å². The van der Waals surface area contributed by atoms with Crippen molar-refractivity contribution in [2.24, 2.45) is 17.8 Å². The van der Waals surface area contributed by atoms with Crippen LogP contribution in [0.4, 0.5) is 4.79 Å². The second-order valence-corrected chi connectivity index (χ2v) is 14.2. The lowest BCUT2D eigenvalue weighted by Crippen LogP contribution is -2.48. The molecule has 0 bridgehead atoms. The number of aldehydes is 2. The van der Waals surface area contributed by atoms with Crippen molar-refractivity contribution in [1.82, 2.24) is 19.4 Å². The van der Waals surface area contributed by atoms with Crippen molar-refractivity contribution in [2.75, 3.05) is 59.4 Å². The fraction of sp³-hybridized carbons (Fsp3) is 0.606. The highest BCUT2D eigenvalue weighted by atomic mass is 32.2. The largest absolute Gasteiger partial charge is 0.442 e. The lowest BCUT2D eigenvalue weighted by Gasteiger charge is -2.33. The molecule has 250 valence electrons. The minimum atomic E-state index is -3.62. The van der Waals surface area contributed by atoms with E-state index in [0.29, 0.717) is 64.0 Å². The Labute approximate surface area is 268 Å². The van der Waals surface area contributed by atoms with Crippen LogP contribution < -0.4 is 5.32 Å². The van der Waals surface area contributed by atoms with E-state index in [0.717, 1.165) is 24.9 Å². The molecule has 0 aliphatic carbocycles. The summed E-state index contributed by atoms with van der Waals surface area (Å²) in [7, 11) is -1.61. The van der Waals surface area contributed by atoms with Crippen LogP contribution in [-0.4, -0.2) is 118 Å². The summed E-state index contributed by atoms with van der Waals surface area (Å²) in [5.74, 6) is -0.879. The highest BCUT2D eigenvalue weighted by Crippen LogP contribution is 2.26. The number of nitrogens with one attached hydrogen (secondary N) is 1. The number of piperazine rings is 2. The SMILES string of the molecule is C/C(=C\c1cccc(S(=O)(=O)N2CCNCC2)c1)[C@@H](C=O)[C@@H](C)/C=C/[C@H](OC(=O)N1CCN(C)CC1)[C@@H](C)CC[C@@H](O)CC=O. The molecule has 2 aliphatic heterocycles. The van der Waals surface area contributed by atoms with E-state index in [1.54, 1.807) is 23.1 Å². The van der Waals surface area contributed by atoms with Crippen LogP contribution >= 0.6 is 0 Å². The predicted molar refractivity (Wildman–Crippen MR) is 174 cm³/mol. The number of carbonyl (C=O) groups is 3. The Hall–Kier alpha value is -2.90. The number of hydrogen-bond donors (Lipinski definition) is 2. The van der Waals surface area contributed by atoms with Gasteiger partial charge in [-0.3, -0.25) is 0 Å². The van der Waals surface area contributed by atoms with Crippen LogP contribution in [0.15, 0.2) is 46.9 Å². The van der Waals surface area contributed by atoms with Gasteiger partial charge in [-0.1, -0.05) is 43.7 Å². The predicted octanol–water partition coefficient (Wildman–Crippen LogP) is 2.81. The van der Waals surface area contributed by atoms with Gasteiger partial charge in [0.25, 0.3) is 0 Å². The molecule has 1 aromatic rings. The van der Waals surface area contributed by atoms with Gasteiger partial charge in [0.05, 0.1) is 11.0 Å². The first-order valence-corrected chi connectivity index (χ1v) is 17.3. The number of aliphatic hydroxyl groups excluding tert-OH is 1. The Balaban J connectivity index is 1.75. The van der Waals surface area contributed by atoms with Gasteiger partial charge >= 0.3 is 6.09 Å². The number of ether oxygens (including phenoxy) is 1. The van der Waals surface area contributed by atoms with Gasteiger partial charge in [-0.15, -0.1) is 0 Å². The summed E-state index contributed by atoms with van der Waals surface area (Å²) >= 11 is 0. The van der Waals surface area contributed by atoms with Gasteiger partial charge in [-0.25, -0.2) is 13.2 Å². The van der Waals surface area contributed by atoms with Crippen LogP contribution in [0.5, 0.6) is 0 Å². The minimum absolute atomic E-state index is 0.0581. The highest BCUT2D eigenvalue weighted by molar-refractivity contribution is 7.89. The molecule has 2 aliphatic rings. The lowest BCUT2D eigenvalue weighted by atomic mass is 9.86. The molecule has 12 heteroatoms. The van der Waals surface area contributed by atoms with Gasteiger partial charge in [-0.05, 0) is 62.4 Å². The monoisotopic (exact) mass is 646 g/mol. The van der Waals surface area contributed by atoms with Crippen LogP contribution in [0.1, 0.15) is 45.6 Å². The molecule has 45 heavy (non-hydrogen) atoms. The van der Waals surface area contributed by atoms with Crippen molar-refractivity contribution in [3.05, 3.63) is 47.6 Å². The molecule has 1 amide bonds. The fourth-order valence-corrected chi connectivity index (χ4v) is 7.08. The minimum Gasteiger partial charge on any atom is -0.442 e. The van der Waals surface area contributed by atoms with E-state index in [4.69, 9.17) is 4.74 Å². The number of amides is 1. The number of carbonyl (C=O) groups excluding carboxylic acids is 3. The second kappa shape index (κ2) is 17.7. The number of aliphatic hydroxyl groups is 1. The molecular weight excluding hydrogens is 596 g/mol. The molecule has 3 rings (SSSR count). The molecule has 2 N–H and O–H groups in total. The third kappa shape index (κ3) is 10.8. The Morgan fingerprint density at radius 2 is 1.73 bits per heavy atom. The number of rotatable bonds is 15. The van der Waals surface area contributed by atoms with Crippen molar-refractivity contribution in [3.8, 4) is 0 Å². The molecule has 0 unspecified atom stereocenters. The van der Waals surface area contributed by atoms with Crippen molar-refractivity contribution in [3.63, 3.8) is 0 Å². The Morgan fingerprint density at radius 1 is 1.04 bits per heavy atom. The van der Waals surface area contributed by atoms with Gasteiger partial charge < -0.3 is 34.5 Å². The Bertz CT molecular complexity index is 1290. The first-order chi connectivity index (χ1) is 21.5. The second-order valence-electron chi connectivity index (χ2n) is 12.3. The van der Waals surface area contributed by atoms with Gasteiger partial charge in [0.15, 0.2) is 0 Å². The zero-order chi connectivity index (χ0) is 33.0. The Kier molecular flexibility index (Phi) is 14.4. The van der Waals surface area contributed by atoms with Crippen molar-refractivity contribution < 1.29 is 32.6 Å². The third-order valence-corrected chi connectivity index (χ3v) is 10.6. The molecule has 5 atom stereocenters. The summed E-state index contributed by atoms with van der Waals surface area (Å²) in [5.41, 5.74) is 1.46. The topological polar surface area (TPSA) is 137 Å². The van der Waals surface area contributed by atoms with Crippen LogP contribution in [0, 0.1) is 17.8 Å². The average Bonchev–Trinajstić information content (AvgIpc) is 3.03. The quantitative estimate of drug-likeness (QED) is 0.218. The summed E-state index contributed by atoms with van der Waals surface area (Å²) < 4.78 is 33.8. The molecule has 1 aromatic carbocycles. The maximum atomic E-state index is 13.2. The summed E-state index contributed by atoms with van der Waals surface area (Å²) in [6, 6.07) is 6.75. The zero-order valence-corrected chi connectivity index (χ0v) is 27.8. The number of allylic oxidation sites excluding steroid dienone is 2. The molecule has 0 aromatic heterocycles. The summed E-state index contributed by atoms with van der Waals surface area (Å²) in [6.07, 6.45) is 6.36. The van der Waals surface area contributed by atoms with Crippen LogP contribution in [-0.2, 0) is 24.3 Å². The lowest BCUT2D eigenvalue weighted by molar-refractivity contribution is -0.111. The van der Waals surface area contributed by atoms with E-state index in [-0.39, 0.29) is 23.2 Å². The van der Waals surface area contributed by atoms with Crippen molar-refractivity contribution >= 4 is 34.8 Å². The molecule has 2 saturated heterocycles. The maximum Gasteiger partial charge on any atom is 0.410 e. The normalized spacial score (nSPS) is 20.7. The van der Waals surface area contributed by atoms with Gasteiger partial charge in [0.1, 0.15) is 18.7 Å². The summed E-state index contributed by atoms with van der Waals surface area (Å²) in [5, 5.41) is 13.2. The van der Waals surface area contributed by atoms with Crippen molar-refractivity contribution in [2.45, 2.75) is 57.1 Å². The molecule has 2 heterocycles. The van der Waals surface area contributed by atoms with Crippen LogP contribution in [0.3, 0.4) is 0 Å². The smallest absolute Gasteiger partial charge is 0.410 e. The Morgan fingerprint density at radius 3 is 2.38 bits per heavy atom. The summed E-state index contributed by atoms with van der Waals surface area (Å²) in [4.78, 5) is 40.2. The highest BCUT2D eigenvalue weighted by Gasteiger charge is 2.28. The van der Waals surface area contributed by atoms with E-state index in [9.17, 15) is 27.9 Å². The van der Waals surface area contributed by atoms with Gasteiger partial charge in [-0.2, -0.15) is 4.31 Å². The number of nitrogens with zero attached hydrogens (tertiary/aromatic N) is 3. The fourth-order valence-electron chi connectivity index (χ4n) is 5.58.